The molecule has 5 fully saturated rings. The average molecular weight is 830 g/mol. The van der Waals surface area contributed by atoms with Crippen LogP contribution in [0.2, 0.25) is 0 Å². The maximum atomic E-state index is 10.7. The monoisotopic (exact) mass is 829 g/mol. The summed E-state index contributed by atoms with van der Waals surface area (Å²) in [5.41, 5.74) is 7.77. The molecule has 0 aromatic heterocycles. The van der Waals surface area contributed by atoms with Gasteiger partial charge in [0.1, 0.15) is 12.1 Å². The normalized spacial score (nSPS) is 19.7. The summed E-state index contributed by atoms with van der Waals surface area (Å²) < 4.78 is 0. The minimum atomic E-state index is -0.0584. The number of carbonyl (C=O) groups excluding carboxylic acids is 2. The average Bonchev–Trinajstić information content (AvgIpc) is 3.11. The fourth-order valence-corrected chi connectivity index (χ4v) is 7.65. The SMILES string of the molecule is C=C(CCl)CCl.C=C1CC(C)(C#N)C1.C=C1CC(C)(C=O)C1.C=C1CC(C)(CC)C1.C=C1CC(C)(CCCC)C1.CCC.CCC#N.CCCCC1(C)CC(=O)C1. The molecule has 4 nitrogen and oxygen atoms in total. The third kappa shape index (κ3) is 27.8. The van der Waals surface area contributed by atoms with E-state index in [0.717, 1.165) is 50.4 Å². The Hall–Kier alpha value is -2.40. The van der Waals surface area contributed by atoms with Crippen LogP contribution in [0.4, 0.5) is 0 Å². The predicted molar refractivity (Wildman–Crippen MR) is 252 cm³/mol. The lowest BCUT2D eigenvalue weighted by molar-refractivity contribution is -0.132. The van der Waals surface area contributed by atoms with Crippen molar-refractivity contribution >= 4 is 35.3 Å². The standard InChI is InChI=1S/C10H18.C9H16O.C8H14.C7H9N.C7H10O.C4H6Cl2.C3H5N.C3H8/c1-4-5-6-10(3)7-9(2)8-10;1-3-4-5-9(2)6-8(10)7-9;1-4-8(3)5-7(2)6-8;2*1-6-3-7(2,4-6)5-8;1-4(2-5)3-6;1-2-3-4;1-3-2/h2,4-8H2,1,3H3;3-7H2,1-2H3;2,4-6H2,1,3H3;1,3-4H2,2H3;5H,1,3-4H2,2H3;1-3H2;2H2,1H3;3H2,1-2H3. The van der Waals surface area contributed by atoms with E-state index >= 15 is 0 Å². The van der Waals surface area contributed by atoms with E-state index in [2.05, 4.69) is 94.4 Å². The first kappa shape index (κ1) is 58.9. The van der Waals surface area contributed by atoms with Crippen LogP contribution in [0, 0.1) is 49.7 Å². The summed E-state index contributed by atoms with van der Waals surface area (Å²) in [5.74, 6) is 1.41. The number of hydrogen-bond donors (Lipinski definition) is 0. The van der Waals surface area contributed by atoms with E-state index in [-0.39, 0.29) is 10.8 Å². The zero-order valence-electron chi connectivity index (χ0n) is 38.9. The Labute approximate surface area is 363 Å². The molecule has 5 rings (SSSR count). The molecule has 0 heterocycles. The van der Waals surface area contributed by atoms with Crippen LogP contribution in [-0.4, -0.2) is 23.8 Å². The Bertz CT molecular complexity index is 1260. The first-order chi connectivity index (χ1) is 26.4. The maximum Gasteiger partial charge on any atom is 0.134 e. The summed E-state index contributed by atoms with van der Waals surface area (Å²) >= 11 is 10.5. The quantitative estimate of drug-likeness (QED) is 0.125. The van der Waals surface area contributed by atoms with E-state index in [1.165, 1.54) is 99.3 Å². The van der Waals surface area contributed by atoms with E-state index in [1.54, 1.807) is 0 Å². The molecule has 0 aromatic rings. The molecule has 0 atom stereocenters. The number of hydrogen-bond acceptors (Lipinski definition) is 4. The number of ketones is 1. The van der Waals surface area contributed by atoms with E-state index < -0.39 is 0 Å². The molecule has 0 radical (unpaired) electrons. The van der Waals surface area contributed by atoms with Gasteiger partial charge in [-0.25, -0.2) is 0 Å². The summed E-state index contributed by atoms with van der Waals surface area (Å²) in [6.45, 7) is 42.6. The van der Waals surface area contributed by atoms with Crippen molar-refractivity contribution in [3.63, 3.8) is 0 Å². The number of nitrogens with zero attached hydrogens (tertiary/aromatic N) is 2. The number of allylic oxidation sites excluding steroid dienone is 5. The zero-order valence-corrected chi connectivity index (χ0v) is 40.4. The summed E-state index contributed by atoms with van der Waals surface area (Å²) in [5, 5.41) is 16.1. The molecule has 5 saturated carbocycles. The highest BCUT2D eigenvalue weighted by atomic mass is 35.5. The smallest absolute Gasteiger partial charge is 0.134 e. The molecule has 6 heteroatoms. The first-order valence-electron chi connectivity index (χ1n) is 21.7. The van der Waals surface area contributed by atoms with Crippen LogP contribution in [0.25, 0.3) is 0 Å². The van der Waals surface area contributed by atoms with Crippen molar-refractivity contribution < 1.29 is 9.59 Å². The lowest BCUT2D eigenvalue weighted by Crippen LogP contribution is -2.34. The van der Waals surface area contributed by atoms with Gasteiger partial charge < -0.3 is 4.79 Å². The third-order valence-electron chi connectivity index (χ3n) is 10.8. The summed E-state index contributed by atoms with van der Waals surface area (Å²) in [6, 6.07) is 4.18. The number of nitriles is 2. The van der Waals surface area contributed by atoms with Gasteiger partial charge in [-0.2, -0.15) is 10.5 Å². The largest absolute Gasteiger partial charge is 0.303 e. The van der Waals surface area contributed by atoms with Gasteiger partial charge in [0.05, 0.1) is 17.6 Å². The minimum Gasteiger partial charge on any atom is -0.303 e. The zero-order chi connectivity index (χ0) is 44.9. The molecule has 0 N–H and O–H groups in total. The van der Waals surface area contributed by atoms with Crippen molar-refractivity contribution in [3.05, 3.63) is 60.8 Å². The Morgan fingerprint density at radius 1 is 0.649 bits per heavy atom. The lowest BCUT2D eigenvalue weighted by Gasteiger charge is -2.40. The highest BCUT2D eigenvalue weighted by molar-refractivity contribution is 6.23. The molecule has 0 aliphatic heterocycles. The Morgan fingerprint density at radius 2 is 0.982 bits per heavy atom. The van der Waals surface area contributed by atoms with Crippen LogP contribution in [0.3, 0.4) is 0 Å². The van der Waals surface area contributed by atoms with Gasteiger partial charge in [0.25, 0.3) is 0 Å². The number of aldehydes is 1. The van der Waals surface area contributed by atoms with Crippen LogP contribution >= 0.6 is 23.2 Å². The minimum absolute atomic E-state index is 0.0446. The van der Waals surface area contributed by atoms with Gasteiger partial charge in [-0.05, 0) is 93.0 Å². The molecule has 5 aliphatic rings. The van der Waals surface area contributed by atoms with Crippen molar-refractivity contribution in [1.82, 2.24) is 0 Å². The van der Waals surface area contributed by atoms with Crippen molar-refractivity contribution in [1.29, 1.82) is 10.5 Å². The summed E-state index contributed by atoms with van der Waals surface area (Å²) in [7, 11) is 0. The summed E-state index contributed by atoms with van der Waals surface area (Å²) in [4.78, 5) is 20.9. The fraction of sp³-hybridized carbons (Fsp3) is 0.725. The summed E-state index contributed by atoms with van der Waals surface area (Å²) in [6.07, 6.45) is 22.5. The van der Waals surface area contributed by atoms with Crippen LogP contribution in [0.15, 0.2) is 60.8 Å². The van der Waals surface area contributed by atoms with E-state index in [9.17, 15) is 9.59 Å². The van der Waals surface area contributed by atoms with Gasteiger partial charge in [0.15, 0.2) is 0 Å². The number of alkyl halides is 2. The fourth-order valence-electron chi connectivity index (χ4n) is 7.36. The molecule has 0 saturated heterocycles. The second-order valence-electron chi connectivity index (χ2n) is 19.0. The molecular formula is C51H86Cl2N2O2. The number of rotatable bonds is 10. The molecule has 326 valence electrons. The number of Topliss-reactive ketones (excluding diaryl/α,β-unsaturated/α-hetero) is 1. The molecule has 0 aromatic carbocycles. The third-order valence-corrected chi connectivity index (χ3v) is 11.5. The van der Waals surface area contributed by atoms with E-state index in [1.807, 2.05) is 26.8 Å². The van der Waals surface area contributed by atoms with Crippen molar-refractivity contribution in [2.24, 2.45) is 27.1 Å². The molecule has 0 unspecified atom stereocenters. The highest BCUT2D eigenvalue weighted by Gasteiger charge is 2.38. The molecule has 0 amide bonds. The Balaban J connectivity index is -0.000000598. The number of carbonyl (C=O) groups is 2. The molecular weight excluding hydrogens is 743 g/mol. The van der Waals surface area contributed by atoms with Crippen LogP contribution < -0.4 is 0 Å². The van der Waals surface area contributed by atoms with Crippen molar-refractivity contribution in [2.45, 2.75) is 198 Å². The van der Waals surface area contributed by atoms with Gasteiger partial charge >= 0.3 is 0 Å². The number of unbranched alkanes of at least 4 members (excludes halogenated alkanes) is 2. The highest BCUT2D eigenvalue weighted by Crippen LogP contribution is 2.48. The second-order valence-corrected chi connectivity index (χ2v) is 19.5. The Morgan fingerprint density at radius 3 is 1.14 bits per heavy atom. The van der Waals surface area contributed by atoms with Crippen LogP contribution in [0.1, 0.15) is 198 Å². The molecule has 0 spiro atoms. The van der Waals surface area contributed by atoms with Gasteiger partial charge in [-0.3, -0.25) is 4.79 Å². The number of halogens is 2. The van der Waals surface area contributed by atoms with E-state index in [0.29, 0.717) is 40.2 Å². The van der Waals surface area contributed by atoms with E-state index in [4.69, 9.17) is 33.7 Å². The van der Waals surface area contributed by atoms with Crippen LogP contribution in [-0.2, 0) is 9.59 Å². The van der Waals surface area contributed by atoms with Gasteiger partial charge in [0, 0.05) is 36.4 Å². The molecule has 0 bridgehead atoms. The Kier molecular flexibility index (Phi) is 31.6. The van der Waals surface area contributed by atoms with Crippen LogP contribution in [0.5, 0.6) is 0 Å². The predicted octanol–water partition coefficient (Wildman–Crippen LogP) is 16.6. The topological polar surface area (TPSA) is 81.7 Å². The van der Waals surface area contributed by atoms with Crippen molar-refractivity contribution in [2.75, 3.05) is 11.8 Å². The molecule has 5 aliphatic carbocycles. The van der Waals surface area contributed by atoms with Crippen molar-refractivity contribution in [3.8, 4) is 12.1 Å². The van der Waals surface area contributed by atoms with Gasteiger partial charge in [-0.1, -0.05) is 163 Å². The lowest BCUT2D eigenvalue weighted by atomic mass is 9.65. The first-order valence-corrected chi connectivity index (χ1v) is 22.7. The van der Waals surface area contributed by atoms with Gasteiger partial charge in [0.2, 0.25) is 0 Å². The molecule has 57 heavy (non-hydrogen) atoms. The maximum absolute atomic E-state index is 10.7. The second kappa shape index (κ2) is 30.6. The van der Waals surface area contributed by atoms with Gasteiger partial charge in [-0.15, -0.1) is 23.2 Å².